The van der Waals surface area contributed by atoms with Crippen molar-refractivity contribution >= 4 is 52.9 Å². The maximum absolute atomic E-state index is 13.1. The summed E-state index contributed by atoms with van der Waals surface area (Å²) in [5.74, 6) is -3.86. The van der Waals surface area contributed by atoms with Crippen LogP contribution in [0.1, 0.15) is 34.5 Å². The summed E-state index contributed by atoms with van der Waals surface area (Å²) in [6.45, 7) is -0.279. The van der Waals surface area contributed by atoms with E-state index in [1.165, 1.54) is 24.8 Å². The molecule has 0 saturated carbocycles. The molecule has 1 aromatic heterocycles. The van der Waals surface area contributed by atoms with Crippen LogP contribution in [0.5, 0.6) is 5.75 Å². The number of aromatic nitrogens is 3. The van der Waals surface area contributed by atoms with Gasteiger partial charge in [-0.2, -0.15) is 0 Å². The Balaban J connectivity index is 1.47. The summed E-state index contributed by atoms with van der Waals surface area (Å²) in [5, 5.41) is 53.2. The lowest BCUT2D eigenvalue weighted by molar-refractivity contribution is -0.293. The van der Waals surface area contributed by atoms with Crippen molar-refractivity contribution < 1.29 is 63.3 Å². The average molecular weight is 736 g/mol. The summed E-state index contributed by atoms with van der Waals surface area (Å²) in [4.78, 5) is 58.7. The molecule has 2 heterocycles. The van der Waals surface area contributed by atoms with Gasteiger partial charge in [-0.05, 0) is 25.0 Å². The van der Waals surface area contributed by atoms with Crippen LogP contribution >= 0.6 is 23.2 Å². The number of aliphatic hydroxyl groups excluding tert-OH is 3. The van der Waals surface area contributed by atoms with Gasteiger partial charge in [0.1, 0.15) is 37.2 Å². The largest absolute Gasteiger partial charge is 0.484 e. The van der Waals surface area contributed by atoms with Gasteiger partial charge >= 0.3 is 11.9 Å². The summed E-state index contributed by atoms with van der Waals surface area (Å²) >= 11 is 12.9. The molecule has 19 nitrogen and oxygen atoms in total. The van der Waals surface area contributed by atoms with Gasteiger partial charge < -0.3 is 55.3 Å². The molecule has 1 fully saturated rings. The molecule has 5 atom stereocenters. The van der Waals surface area contributed by atoms with Crippen LogP contribution in [0.4, 0.5) is 0 Å². The second-order valence-electron chi connectivity index (χ2n) is 10.6. The van der Waals surface area contributed by atoms with Gasteiger partial charge in [-0.3, -0.25) is 23.9 Å². The second kappa shape index (κ2) is 18.6. The Labute approximate surface area is 288 Å². The van der Waals surface area contributed by atoms with Crippen LogP contribution in [0, 0.1) is 6.92 Å². The number of carbonyl (C=O) groups excluding carboxylic acids is 4. The number of hydrogen-bond acceptors (Lipinski definition) is 14. The zero-order valence-corrected chi connectivity index (χ0v) is 27.8. The zero-order valence-electron chi connectivity index (χ0n) is 26.3. The molecule has 0 aliphatic carbocycles. The summed E-state index contributed by atoms with van der Waals surface area (Å²) in [5.41, 5.74) is 0.568. The lowest BCUT2D eigenvalue weighted by Gasteiger charge is -2.40. The highest BCUT2D eigenvalue weighted by Crippen LogP contribution is 2.38. The number of rotatable bonds is 17. The number of halogens is 2. The fourth-order valence-corrected chi connectivity index (χ4v) is 4.97. The number of ether oxygens (including phenoxy) is 4. The van der Waals surface area contributed by atoms with E-state index < -0.39 is 80.1 Å². The number of carboxylic acid groups (broad SMARTS) is 1. The number of hydrogen-bond donors (Lipinski definition) is 7. The molecule has 7 N–H and O–H groups in total. The Bertz CT molecular complexity index is 1510. The van der Waals surface area contributed by atoms with Gasteiger partial charge in [-0.25, -0.2) is 4.79 Å². The van der Waals surface area contributed by atoms with Crippen molar-refractivity contribution in [3.8, 4) is 5.75 Å². The normalized spacial score (nSPS) is 20.3. The molecule has 1 aliphatic heterocycles. The number of benzene rings is 1. The van der Waals surface area contributed by atoms with Crippen molar-refractivity contribution in [1.82, 2.24) is 30.9 Å². The summed E-state index contributed by atoms with van der Waals surface area (Å²) < 4.78 is 23.1. The van der Waals surface area contributed by atoms with E-state index in [9.17, 15) is 39.3 Å². The molecule has 2 aromatic rings. The van der Waals surface area contributed by atoms with Crippen LogP contribution in [0.2, 0.25) is 10.0 Å². The van der Waals surface area contributed by atoms with E-state index in [1.807, 2.05) is 0 Å². The van der Waals surface area contributed by atoms with Crippen LogP contribution in [-0.2, 0) is 46.5 Å². The highest BCUT2D eigenvalue weighted by Gasteiger charge is 2.47. The van der Waals surface area contributed by atoms with Crippen LogP contribution < -0.4 is 20.7 Å². The van der Waals surface area contributed by atoms with E-state index >= 15 is 0 Å². The first-order valence-corrected chi connectivity index (χ1v) is 15.4. The number of nitrogens with one attached hydrogen (secondary N) is 3. The molecule has 0 spiro atoms. The second-order valence-corrected chi connectivity index (χ2v) is 11.4. The maximum Gasteiger partial charge on any atom is 0.339 e. The quantitative estimate of drug-likeness (QED) is 0.0893. The molecule has 0 bridgehead atoms. The first-order valence-electron chi connectivity index (χ1n) is 14.6. The van der Waals surface area contributed by atoms with Crippen molar-refractivity contribution in [2.75, 3.05) is 33.4 Å². The first kappa shape index (κ1) is 39.3. The molecule has 21 heteroatoms. The first-order chi connectivity index (χ1) is 23.2. The van der Waals surface area contributed by atoms with Gasteiger partial charge in [0, 0.05) is 20.1 Å². The number of aliphatic hydroxyl groups is 3. The lowest BCUT2D eigenvalue weighted by Crippen LogP contribution is -2.60. The van der Waals surface area contributed by atoms with Gasteiger partial charge in [0.15, 0.2) is 18.1 Å². The fraction of sp³-hybridized carbons (Fsp3) is 0.536. The van der Waals surface area contributed by atoms with Gasteiger partial charge in [0.25, 0.3) is 0 Å². The minimum absolute atomic E-state index is 0.00268. The van der Waals surface area contributed by atoms with Crippen LogP contribution in [0.3, 0.4) is 0 Å². The molecule has 3 amide bonds. The summed E-state index contributed by atoms with van der Waals surface area (Å²) in [6, 6.07) is 1.26. The number of esters is 1. The average Bonchev–Trinajstić information content (AvgIpc) is 3.53. The number of aryl methyl sites for hydroxylation is 1. The number of nitrogens with zero attached hydrogens (tertiary/aromatic N) is 3. The van der Waals surface area contributed by atoms with Crippen molar-refractivity contribution in [1.29, 1.82) is 0 Å². The third-order valence-electron chi connectivity index (χ3n) is 7.01. The van der Waals surface area contributed by atoms with Crippen molar-refractivity contribution in [2.45, 2.75) is 63.6 Å². The predicted octanol–water partition coefficient (Wildman–Crippen LogP) is -1.70. The van der Waals surface area contributed by atoms with E-state index in [0.717, 1.165) is 0 Å². The van der Waals surface area contributed by atoms with E-state index in [-0.39, 0.29) is 46.5 Å². The molecular formula is C28H36Cl2N6O13. The van der Waals surface area contributed by atoms with E-state index in [0.29, 0.717) is 18.7 Å². The molecule has 270 valence electrons. The smallest absolute Gasteiger partial charge is 0.339 e. The Hall–Kier alpha value is -4.11. The number of amides is 3. The van der Waals surface area contributed by atoms with Crippen molar-refractivity contribution in [3.63, 3.8) is 0 Å². The molecule has 0 radical (unpaired) electrons. The van der Waals surface area contributed by atoms with Gasteiger partial charge in [-0.15, -0.1) is 5.10 Å². The van der Waals surface area contributed by atoms with Gasteiger partial charge in [0.2, 0.25) is 17.7 Å². The Morgan fingerprint density at radius 1 is 1.02 bits per heavy atom. The zero-order chi connectivity index (χ0) is 36.2. The summed E-state index contributed by atoms with van der Waals surface area (Å²) in [7, 11) is 1.24. The predicted molar refractivity (Wildman–Crippen MR) is 165 cm³/mol. The topological polar surface area (TPSA) is 270 Å². The number of carbonyl (C=O) groups is 5. The highest BCUT2D eigenvalue weighted by molar-refractivity contribution is 6.38. The SMILES string of the molecule is CO[C@H]1O[C@H](CO)[C@@H](O)[C@H](O)[C@H]1OC(=O)c1cc(Cl)c(OCc2cn(CCCC(=O)NCC(=O)NCC(=O)NCC(=O)O)nn2)c(Cl)c1C. The third kappa shape index (κ3) is 11.2. The van der Waals surface area contributed by atoms with E-state index in [1.54, 1.807) is 6.20 Å². The molecule has 1 aromatic carbocycles. The molecule has 3 rings (SSSR count). The Morgan fingerprint density at radius 2 is 1.67 bits per heavy atom. The van der Waals surface area contributed by atoms with Gasteiger partial charge in [-0.1, -0.05) is 28.4 Å². The fourth-order valence-electron chi connectivity index (χ4n) is 4.40. The third-order valence-corrected chi connectivity index (χ3v) is 7.75. The van der Waals surface area contributed by atoms with E-state index in [2.05, 4.69) is 26.3 Å². The van der Waals surface area contributed by atoms with Crippen molar-refractivity contribution in [3.05, 3.63) is 39.1 Å². The molecule has 1 saturated heterocycles. The summed E-state index contributed by atoms with van der Waals surface area (Å²) in [6.07, 6.45) is -5.07. The molecular weight excluding hydrogens is 699 g/mol. The maximum atomic E-state index is 13.1. The monoisotopic (exact) mass is 734 g/mol. The van der Waals surface area contributed by atoms with Gasteiger partial charge in [0.05, 0.1) is 41.5 Å². The Kier molecular flexibility index (Phi) is 14.9. The molecule has 49 heavy (non-hydrogen) atoms. The molecule has 0 unspecified atom stereocenters. The van der Waals surface area contributed by atoms with Crippen LogP contribution in [0.15, 0.2) is 12.3 Å². The lowest BCUT2D eigenvalue weighted by atomic mass is 9.99. The highest BCUT2D eigenvalue weighted by atomic mass is 35.5. The number of carboxylic acids is 1. The van der Waals surface area contributed by atoms with Crippen LogP contribution in [0.25, 0.3) is 0 Å². The number of aliphatic carboxylic acids is 1. The number of methoxy groups -OCH3 is 1. The Morgan fingerprint density at radius 3 is 2.31 bits per heavy atom. The van der Waals surface area contributed by atoms with E-state index in [4.69, 9.17) is 47.3 Å². The minimum atomic E-state index is -1.63. The minimum Gasteiger partial charge on any atom is -0.484 e. The molecule has 1 aliphatic rings. The standard InChI is InChI=1S/C28H36Cl2N6O13/c1-13-15(27(45)49-26-24(44)23(43)17(11-37)48-28(26)46-2)6-16(29)25(22(13)30)47-12-14-10-36(35-34-14)5-3-4-18(38)31-7-19(39)32-8-20(40)33-9-21(41)42/h6,10,17,23-24,26,28,37,43-44H,3-5,7-9,11-12H2,1-2H3,(H,31,38)(H,32,39)(H,33,40)(H,41,42)/t17-,23-,24+,26-,28+/m1/s1. The van der Waals surface area contributed by atoms with Crippen LogP contribution in [-0.4, -0.2) is 129 Å². The van der Waals surface area contributed by atoms with Crippen molar-refractivity contribution in [2.24, 2.45) is 0 Å².